The number of carbonyl (C=O) groups is 1. The van der Waals surface area contributed by atoms with Crippen molar-refractivity contribution in [1.29, 1.82) is 0 Å². The minimum atomic E-state index is -3.46. The van der Waals surface area contributed by atoms with Gasteiger partial charge in [0, 0.05) is 24.5 Å². The molecular formula is C20H40NO6PS. The third kappa shape index (κ3) is 11.2. The molecule has 172 valence electrons. The number of nitrogens with zero attached hydrogens (tertiary/aromatic N) is 1. The monoisotopic (exact) mass is 453 g/mol. The molecule has 2 atom stereocenters. The molecule has 1 heterocycles. The number of rotatable bonds is 12. The Balaban J connectivity index is 2.55. The molecule has 0 aromatic rings. The standard InChI is InChI=1S/C20H40NO6PS/c1-8-9-17(2)26-28(23,27-19(3,4)5)29-16-25-18(22)20(6,7)10-11-21-12-14-24-15-13-21/h17H,8-16H2,1-7H3. The molecular weight excluding hydrogens is 413 g/mol. The summed E-state index contributed by atoms with van der Waals surface area (Å²) in [6.07, 6.45) is 2.21. The summed E-state index contributed by atoms with van der Waals surface area (Å²) in [5.41, 5.74) is -1.25. The van der Waals surface area contributed by atoms with Crippen LogP contribution in [0.5, 0.6) is 0 Å². The van der Waals surface area contributed by atoms with Gasteiger partial charge in [-0.05, 0) is 60.9 Å². The molecule has 9 heteroatoms. The van der Waals surface area contributed by atoms with Gasteiger partial charge in [-0.2, -0.15) is 0 Å². The van der Waals surface area contributed by atoms with Gasteiger partial charge in [-0.1, -0.05) is 13.3 Å². The van der Waals surface area contributed by atoms with E-state index in [0.29, 0.717) is 6.42 Å². The first kappa shape index (κ1) is 26.9. The lowest BCUT2D eigenvalue weighted by Crippen LogP contribution is -2.39. The highest BCUT2D eigenvalue weighted by atomic mass is 32.7. The fraction of sp³-hybridized carbons (Fsp3) is 0.950. The van der Waals surface area contributed by atoms with Gasteiger partial charge in [0.05, 0.1) is 30.3 Å². The molecule has 0 aliphatic carbocycles. The minimum Gasteiger partial charge on any atom is -0.454 e. The van der Waals surface area contributed by atoms with Crippen molar-refractivity contribution in [2.45, 2.75) is 79.4 Å². The van der Waals surface area contributed by atoms with Gasteiger partial charge < -0.3 is 9.47 Å². The highest BCUT2D eigenvalue weighted by Crippen LogP contribution is 2.63. The van der Waals surface area contributed by atoms with Crippen LogP contribution in [0.3, 0.4) is 0 Å². The second-order valence-electron chi connectivity index (χ2n) is 9.12. The molecule has 0 aromatic heterocycles. The second-order valence-corrected chi connectivity index (χ2v) is 13.0. The van der Waals surface area contributed by atoms with E-state index in [1.807, 2.05) is 48.5 Å². The predicted octanol–water partition coefficient (Wildman–Crippen LogP) is 5.10. The molecule has 0 aromatic carbocycles. The average molecular weight is 454 g/mol. The zero-order valence-electron chi connectivity index (χ0n) is 19.2. The lowest BCUT2D eigenvalue weighted by molar-refractivity contribution is -0.152. The molecule has 0 N–H and O–H groups in total. The van der Waals surface area contributed by atoms with Crippen LogP contribution in [0.2, 0.25) is 0 Å². The van der Waals surface area contributed by atoms with Gasteiger partial charge >= 0.3 is 12.8 Å². The van der Waals surface area contributed by atoms with E-state index < -0.39 is 17.8 Å². The Morgan fingerprint density at radius 1 is 1.21 bits per heavy atom. The number of morpholine rings is 1. The zero-order valence-corrected chi connectivity index (χ0v) is 20.9. The molecule has 29 heavy (non-hydrogen) atoms. The molecule has 1 saturated heterocycles. The summed E-state index contributed by atoms with van der Waals surface area (Å²) in [4.78, 5) is 14.9. The van der Waals surface area contributed by atoms with Crippen LogP contribution in [0.1, 0.15) is 67.7 Å². The molecule has 0 amide bonds. The smallest absolute Gasteiger partial charge is 0.393 e. The molecule has 1 aliphatic heterocycles. The van der Waals surface area contributed by atoms with Gasteiger partial charge in [0.25, 0.3) is 0 Å². The number of carbonyl (C=O) groups excluding carboxylic acids is 1. The van der Waals surface area contributed by atoms with Crippen LogP contribution >= 0.6 is 18.2 Å². The quantitative estimate of drug-likeness (QED) is 0.230. The third-order valence-corrected chi connectivity index (χ3v) is 8.18. The molecule has 0 spiro atoms. The molecule has 7 nitrogen and oxygen atoms in total. The van der Waals surface area contributed by atoms with E-state index in [-0.39, 0.29) is 18.0 Å². The second kappa shape index (κ2) is 12.1. The number of esters is 1. The summed E-state index contributed by atoms with van der Waals surface area (Å²) < 4.78 is 35.4. The normalized spacial score (nSPS) is 19.6. The Hall–Kier alpha value is -0.110. The van der Waals surface area contributed by atoms with Crippen molar-refractivity contribution < 1.29 is 27.9 Å². The Bertz CT molecular complexity index is 546. The van der Waals surface area contributed by atoms with Crippen LogP contribution in [-0.2, 0) is 27.9 Å². The van der Waals surface area contributed by atoms with Gasteiger partial charge in [0.15, 0.2) is 0 Å². The summed E-state index contributed by atoms with van der Waals surface area (Å²) in [7, 11) is 0. The van der Waals surface area contributed by atoms with Crippen molar-refractivity contribution in [2.24, 2.45) is 5.41 Å². The van der Waals surface area contributed by atoms with Crippen LogP contribution in [0.4, 0.5) is 0 Å². The van der Waals surface area contributed by atoms with E-state index in [2.05, 4.69) is 4.90 Å². The predicted molar refractivity (Wildman–Crippen MR) is 118 cm³/mol. The van der Waals surface area contributed by atoms with Gasteiger partial charge in [0.1, 0.15) is 5.94 Å². The van der Waals surface area contributed by atoms with Crippen LogP contribution in [0.15, 0.2) is 0 Å². The van der Waals surface area contributed by atoms with Gasteiger partial charge in [-0.3, -0.25) is 18.7 Å². The first-order chi connectivity index (χ1) is 13.4. The first-order valence-corrected chi connectivity index (χ1v) is 13.6. The van der Waals surface area contributed by atoms with Crippen LogP contribution in [-0.4, -0.2) is 61.4 Å². The summed E-state index contributed by atoms with van der Waals surface area (Å²) >= 11 is 0.937. The minimum absolute atomic E-state index is 0.0635. The Kier molecular flexibility index (Phi) is 11.2. The lowest BCUT2D eigenvalue weighted by Gasteiger charge is -2.31. The zero-order chi connectivity index (χ0) is 22.1. The van der Waals surface area contributed by atoms with Crippen molar-refractivity contribution in [1.82, 2.24) is 4.90 Å². The average Bonchev–Trinajstić information content (AvgIpc) is 2.59. The highest BCUT2D eigenvalue weighted by Gasteiger charge is 2.35. The van der Waals surface area contributed by atoms with E-state index in [0.717, 1.165) is 57.1 Å². The number of ether oxygens (including phenoxy) is 2. The van der Waals surface area contributed by atoms with Gasteiger partial charge in [-0.15, -0.1) is 0 Å². The summed E-state index contributed by atoms with van der Waals surface area (Å²) in [5, 5.41) is 0. The maximum Gasteiger partial charge on any atom is 0.393 e. The summed E-state index contributed by atoms with van der Waals surface area (Å²) in [5.74, 6) is -0.367. The third-order valence-electron chi connectivity index (χ3n) is 4.50. The van der Waals surface area contributed by atoms with Crippen molar-refractivity contribution in [3.05, 3.63) is 0 Å². The number of hydrogen-bond donors (Lipinski definition) is 0. The van der Waals surface area contributed by atoms with E-state index in [9.17, 15) is 9.36 Å². The molecule has 1 rings (SSSR count). The molecule has 1 fully saturated rings. The number of hydrogen-bond acceptors (Lipinski definition) is 8. The Morgan fingerprint density at radius 2 is 1.83 bits per heavy atom. The lowest BCUT2D eigenvalue weighted by atomic mass is 9.89. The highest BCUT2D eigenvalue weighted by molar-refractivity contribution is 8.55. The van der Waals surface area contributed by atoms with Crippen molar-refractivity contribution in [3.63, 3.8) is 0 Å². The SMILES string of the molecule is CCCC(C)OP(=O)(OC(C)(C)C)SCOC(=O)C(C)(C)CCN1CCOCC1. The molecule has 1 aliphatic rings. The van der Waals surface area contributed by atoms with E-state index in [1.54, 1.807) is 0 Å². The first-order valence-electron chi connectivity index (χ1n) is 10.5. The van der Waals surface area contributed by atoms with Crippen LogP contribution < -0.4 is 0 Å². The topological polar surface area (TPSA) is 74.3 Å². The molecule has 2 unspecified atom stereocenters. The van der Waals surface area contributed by atoms with E-state index in [4.69, 9.17) is 18.5 Å². The van der Waals surface area contributed by atoms with Crippen LogP contribution in [0.25, 0.3) is 0 Å². The van der Waals surface area contributed by atoms with E-state index >= 15 is 0 Å². The Labute approximate surface area is 180 Å². The van der Waals surface area contributed by atoms with E-state index in [1.165, 1.54) is 0 Å². The summed E-state index contributed by atoms with van der Waals surface area (Å²) in [6, 6.07) is 0. The van der Waals surface area contributed by atoms with Crippen molar-refractivity contribution >= 4 is 24.1 Å². The van der Waals surface area contributed by atoms with Gasteiger partial charge in [0.2, 0.25) is 0 Å². The Morgan fingerprint density at radius 3 is 2.38 bits per heavy atom. The molecule has 0 radical (unpaired) electrons. The van der Waals surface area contributed by atoms with Crippen LogP contribution in [0, 0.1) is 5.41 Å². The fourth-order valence-electron chi connectivity index (χ4n) is 2.80. The summed E-state index contributed by atoms with van der Waals surface area (Å²) in [6.45, 7) is 13.8. The fourth-order valence-corrected chi connectivity index (χ4v) is 6.46. The van der Waals surface area contributed by atoms with Gasteiger partial charge in [-0.25, -0.2) is 4.57 Å². The maximum absolute atomic E-state index is 13.2. The van der Waals surface area contributed by atoms with Crippen molar-refractivity contribution in [3.8, 4) is 0 Å². The molecule has 0 bridgehead atoms. The molecule has 0 saturated carbocycles. The largest absolute Gasteiger partial charge is 0.454 e. The maximum atomic E-state index is 13.2. The van der Waals surface area contributed by atoms with Crippen molar-refractivity contribution in [2.75, 3.05) is 38.8 Å².